The van der Waals surface area contributed by atoms with Gasteiger partial charge in [-0.25, -0.2) is 23.5 Å². The highest BCUT2D eigenvalue weighted by atomic mass is 31.2. The minimum atomic E-state index is -3.44. The Morgan fingerprint density at radius 1 is 0.794 bits per heavy atom. The summed E-state index contributed by atoms with van der Waals surface area (Å²) >= 11 is 0. The Morgan fingerprint density at radius 3 is 1.69 bits per heavy atom. The van der Waals surface area contributed by atoms with E-state index >= 15 is 4.39 Å². The molecular weight excluding hydrogens is 938 g/mol. The number of ether oxygens (including phenoxy) is 3. The van der Waals surface area contributed by atoms with Gasteiger partial charge in [0.15, 0.2) is 23.8 Å². The largest absolute Gasteiger partial charge is 0.462 e. The zero-order chi connectivity index (χ0) is 50.8. The van der Waals surface area contributed by atoms with Gasteiger partial charge in [0.05, 0.1) is 37.6 Å². The molecule has 4 heterocycles. The highest BCUT2D eigenvalue weighted by molar-refractivity contribution is 7.57. The van der Waals surface area contributed by atoms with Gasteiger partial charge in [-0.15, -0.1) is 0 Å². The van der Waals surface area contributed by atoms with Crippen LogP contribution in [0.5, 0.6) is 5.75 Å². The maximum Gasteiger partial charge on any atom is 0.340 e. The topological polar surface area (TPSA) is 280 Å². The van der Waals surface area contributed by atoms with Crippen molar-refractivity contribution >= 4 is 26.9 Å². The van der Waals surface area contributed by atoms with Crippen LogP contribution in [-0.4, -0.2) is 110 Å². The van der Waals surface area contributed by atoms with E-state index in [4.69, 9.17) is 28.4 Å². The van der Waals surface area contributed by atoms with Crippen LogP contribution < -0.4 is 42.5 Å². The lowest BCUT2D eigenvalue weighted by Gasteiger charge is -2.25. The summed E-state index contributed by atoms with van der Waals surface area (Å²) in [4.78, 5) is 73.7. The number of H-pyrrole nitrogens is 2. The average Bonchev–Trinajstić information content (AvgIpc) is 3.58. The number of hydrogen-bond donors (Lipinski definition) is 6. The predicted octanol–water partition coefficient (Wildman–Crippen LogP) is 4.39. The Balaban J connectivity index is 0.000000364. The number of para-hydroxylation sites is 1. The summed E-state index contributed by atoms with van der Waals surface area (Å²) in [5, 5.41) is 17.2. The number of benzene rings is 1. The van der Waals surface area contributed by atoms with Crippen LogP contribution in [0.15, 0.2) is 74.0 Å². The zero-order valence-electron chi connectivity index (χ0n) is 39.7. The molecule has 0 bridgehead atoms. The molecule has 3 aromatic rings. The Hall–Kier alpha value is -4.60. The highest BCUT2D eigenvalue weighted by Crippen LogP contribution is 2.47. The summed E-state index contributed by atoms with van der Waals surface area (Å²) in [6.07, 6.45) is -1.92. The summed E-state index contributed by atoms with van der Waals surface area (Å²) in [6.45, 7) is 18.4. The monoisotopic (exact) mass is 1010 g/mol. The molecule has 2 aliphatic heterocycles. The molecule has 1 amide bonds. The minimum absolute atomic E-state index is 0. The molecule has 5 rings (SSSR count). The molecule has 21 nitrogen and oxygen atoms in total. The number of carbonyl (C=O) groups excluding carboxylic acids is 2. The molecule has 0 spiro atoms. The lowest BCUT2D eigenvalue weighted by atomic mass is 9.90. The normalized spacial score (nSPS) is 26.9. The van der Waals surface area contributed by atoms with E-state index in [2.05, 4.69) is 20.5 Å². The molecule has 384 valence electrons. The number of esters is 1. The van der Waals surface area contributed by atoms with E-state index in [0.717, 1.165) is 27.5 Å². The third-order valence-corrected chi connectivity index (χ3v) is 13.5. The molecule has 2 aromatic heterocycles. The first kappa shape index (κ1) is 59.5. The first-order chi connectivity index (χ1) is 30.9. The SMILES string of the molecule is C.CC(C)NC(C)C(=O)N[P@@](C)(=O)Oc1ccccc1.CC(C)OC(=O)[C@H](C)N[P@@](C)(=O)OC[C@H]1O[C@@H](n2ccc(=O)[nH]c2=O)[C@](C)(F)[C@@H]1C.C[C@@H]1[C@@H](CO)O[C@@H](n2ccc(=O)[nH]c2=O)[C@]1(C)F. The smallest absolute Gasteiger partial charge is 0.340 e. The second-order valence-corrected chi connectivity index (χ2v) is 21.7. The number of aromatic amines is 2. The minimum Gasteiger partial charge on any atom is -0.462 e. The van der Waals surface area contributed by atoms with Crippen LogP contribution >= 0.6 is 15.0 Å². The Kier molecular flexibility index (Phi) is 21.7. The second kappa shape index (κ2) is 24.8. The summed E-state index contributed by atoms with van der Waals surface area (Å²) in [7, 11) is -6.65. The fourth-order valence-electron chi connectivity index (χ4n) is 6.86. The van der Waals surface area contributed by atoms with Gasteiger partial charge in [0.25, 0.3) is 18.6 Å². The standard InChI is InChI=1S/C18H29FN3O7P.C13H21N2O3P.C11H15FN2O4.CH4/c1-10(2)28-15(24)12(4)21-30(6,26)27-9-13-11(3)18(5,19)16(29-13)22-8-7-14(23)20-17(22)25;1-10(2)14-11(3)13(16)15-19(4,17)18-12-8-6-5-7-9-12;1-6-7(5-15)18-9(11(6,2)12)14-4-3-8(16)13-10(14)17;/h7-8,10-13,16H,9H2,1-6H3,(H,21,26)(H,20,23,25);5-11,14H,1-4H3,(H,15,16,17);3-4,6-7,9,15H,5H2,1-2H3,(H,13,16,17);1H4/t11-,12+,13-,16-,18-,30+;11?,19-;6-,7-,9-,11-;/m101./s1. The molecule has 2 fully saturated rings. The third-order valence-electron chi connectivity index (χ3n) is 10.8. The average molecular weight is 1010 g/mol. The highest BCUT2D eigenvalue weighted by Gasteiger charge is 2.54. The van der Waals surface area contributed by atoms with E-state index in [1.54, 1.807) is 58.9 Å². The predicted molar refractivity (Wildman–Crippen MR) is 251 cm³/mol. The zero-order valence-corrected chi connectivity index (χ0v) is 41.5. The van der Waals surface area contributed by atoms with Gasteiger partial charge in [-0.2, -0.15) is 0 Å². The van der Waals surface area contributed by atoms with Crippen molar-refractivity contribution in [2.24, 2.45) is 11.8 Å². The number of amides is 1. The van der Waals surface area contributed by atoms with Crippen molar-refractivity contribution in [2.45, 2.75) is 137 Å². The van der Waals surface area contributed by atoms with E-state index in [0.29, 0.717) is 5.75 Å². The molecule has 0 saturated carbocycles. The lowest BCUT2D eigenvalue weighted by Crippen LogP contribution is -2.44. The van der Waals surface area contributed by atoms with E-state index in [1.807, 2.05) is 24.9 Å². The number of nitrogens with one attached hydrogen (secondary N) is 5. The number of halogens is 2. The number of hydrogen-bond acceptors (Lipinski definition) is 15. The van der Waals surface area contributed by atoms with Crippen LogP contribution in [0, 0.1) is 11.8 Å². The maximum absolute atomic E-state index is 15.4. The number of carbonyl (C=O) groups is 2. The molecule has 6 N–H and O–H groups in total. The maximum atomic E-state index is 15.4. The molecule has 2 aliphatic rings. The van der Waals surface area contributed by atoms with Gasteiger partial charge in [0.2, 0.25) is 5.91 Å². The Labute approximate surface area is 394 Å². The molecule has 2 saturated heterocycles. The van der Waals surface area contributed by atoms with Gasteiger partial charge in [0, 0.05) is 55.7 Å². The van der Waals surface area contributed by atoms with Crippen molar-refractivity contribution in [1.82, 2.24) is 34.6 Å². The van der Waals surface area contributed by atoms with Crippen molar-refractivity contribution in [3.63, 3.8) is 0 Å². The number of rotatable bonds is 16. The van der Waals surface area contributed by atoms with Crippen molar-refractivity contribution in [1.29, 1.82) is 0 Å². The number of aliphatic hydroxyl groups excluding tert-OH is 1. The van der Waals surface area contributed by atoms with Crippen molar-refractivity contribution in [3.05, 3.63) is 96.5 Å². The van der Waals surface area contributed by atoms with Crippen molar-refractivity contribution < 1.29 is 55.9 Å². The number of aliphatic hydroxyl groups is 1. The summed E-state index contributed by atoms with van der Waals surface area (Å²) in [5.41, 5.74) is -6.47. The molecule has 0 aliphatic carbocycles. The Bertz CT molecular complexity index is 2460. The molecule has 0 radical (unpaired) electrons. The first-order valence-electron chi connectivity index (χ1n) is 21.5. The first-order valence-corrected chi connectivity index (χ1v) is 25.6. The second-order valence-electron chi connectivity index (χ2n) is 17.4. The van der Waals surface area contributed by atoms with Crippen molar-refractivity contribution in [3.8, 4) is 5.75 Å². The van der Waals surface area contributed by atoms with E-state index in [1.165, 1.54) is 40.3 Å². The molecule has 12 atom stereocenters. The molecular formula is C43H69F2N7O14P2. The van der Waals surface area contributed by atoms with Gasteiger partial charge in [-0.1, -0.05) is 53.3 Å². The molecule has 1 aromatic carbocycles. The van der Waals surface area contributed by atoms with Gasteiger partial charge in [0.1, 0.15) is 11.8 Å². The summed E-state index contributed by atoms with van der Waals surface area (Å²) in [6, 6.07) is 9.87. The van der Waals surface area contributed by atoms with E-state index < -0.39 is 103 Å². The van der Waals surface area contributed by atoms with Crippen LogP contribution in [0.4, 0.5) is 8.78 Å². The quantitative estimate of drug-likeness (QED) is 0.0858. The van der Waals surface area contributed by atoms with Crippen LogP contribution in [-0.2, 0) is 37.5 Å². The van der Waals surface area contributed by atoms with Gasteiger partial charge in [-0.05, 0) is 53.7 Å². The number of nitrogens with zero attached hydrogens (tertiary/aromatic N) is 2. The Morgan fingerprint density at radius 2 is 1.26 bits per heavy atom. The summed E-state index contributed by atoms with van der Waals surface area (Å²) < 4.78 is 83.7. The van der Waals surface area contributed by atoms with Crippen LogP contribution in [0.25, 0.3) is 0 Å². The van der Waals surface area contributed by atoms with E-state index in [9.17, 15) is 42.3 Å². The molecule has 25 heteroatoms. The molecule has 68 heavy (non-hydrogen) atoms. The lowest BCUT2D eigenvalue weighted by molar-refractivity contribution is -0.149. The van der Waals surface area contributed by atoms with Crippen LogP contribution in [0.2, 0.25) is 0 Å². The number of alkyl halides is 2. The molecule has 1 unspecified atom stereocenters. The van der Waals surface area contributed by atoms with Crippen LogP contribution in [0.3, 0.4) is 0 Å². The summed E-state index contributed by atoms with van der Waals surface area (Å²) in [5.74, 6) is -1.72. The van der Waals surface area contributed by atoms with Crippen molar-refractivity contribution in [2.75, 3.05) is 26.5 Å². The van der Waals surface area contributed by atoms with E-state index in [-0.39, 0.29) is 38.7 Å². The van der Waals surface area contributed by atoms with Gasteiger partial charge >= 0.3 is 24.9 Å². The van der Waals surface area contributed by atoms with Gasteiger partial charge < -0.3 is 33.7 Å². The fourth-order valence-corrected chi connectivity index (χ4v) is 9.34. The third kappa shape index (κ3) is 16.5. The number of aromatic nitrogens is 4. The van der Waals surface area contributed by atoms with Gasteiger partial charge in [-0.3, -0.25) is 52.5 Å². The van der Waals surface area contributed by atoms with Crippen LogP contribution in [0.1, 0.15) is 89.1 Å². The fraction of sp³-hybridized carbons (Fsp3) is 0.628.